The van der Waals surface area contributed by atoms with Crippen LogP contribution in [0.1, 0.15) is 44.2 Å². The largest absolute Gasteiger partial charge is 0.399 e. The average Bonchev–Trinajstić information content (AvgIpc) is 2.62. The summed E-state index contributed by atoms with van der Waals surface area (Å²) in [5.41, 5.74) is 8.15. The minimum absolute atomic E-state index is 0.0242. The average molecular weight is 296 g/mol. The Balaban J connectivity index is 2.28. The van der Waals surface area contributed by atoms with Gasteiger partial charge in [-0.2, -0.15) is 0 Å². The highest BCUT2D eigenvalue weighted by molar-refractivity contribution is 7.89. The molecule has 0 aromatic heterocycles. The lowest BCUT2D eigenvalue weighted by Gasteiger charge is -2.19. The third-order valence-electron chi connectivity index (χ3n) is 4.22. The van der Waals surface area contributed by atoms with E-state index in [1.54, 1.807) is 12.1 Å². The van der Waals surface area contributed by atoms with Crippen molar-refractivity contribution >= 4 is 15.7 Å². The first-order chi connectivity index (χ1) is 9.11. The summed E-state index contributed by atoms with van der Waals surface area (Å²) in [5.74, 6) is 0. The summed E-state index contributed by atoms with van der Waals surface area (Å²) in [7, 11) is -3.50. The number of sulfonamides is 1. The summed E-state index contributed by atoms with van der Waals surface area (Å²) in [5, 5.41) is 0. The highest BCUT2D eigenvalue weighted by atomic mass is 32.2. The maximum atomic E-state index is 12.6. The fourth-order valence-electron chi connectivity index (χ4n) is 2.95. The van der Waals surface area contributed by atoms with Crippen molar-refractivity contribution in [3.8, 4) is 0 Å². The van der Waals surface area contributed by atoms with Gasteiger partial charge in [0.25, 0.3) is 0 Å². The van der Waals surface area contributed by atoms with E-state index in [1.165, 1.54) is 0 Å². The van der Waals surface area contributed by atoms with E-state index in [0.717, 1.165) is 30.4 Å². The van der Waals surface area contributed by atoms with E-state index in [9.17, 15) is 8.42 Å². The second-order valence-corrected chi connectivity index (χ2v) is 8.37. The molecule has 4 nitrogen and oxygen atoms in total. The Morgan fingerprint density at radius 3 is 2.50 bits per heavy atom. The maximum Gasteiger partial charge on any atom is 0.241 e. The van der Waals surface area contributed by atoms with Crippen LogP contribution in [0.25, 0.3) is 0 Å². The van der Waals surface area contributed by atoms with Gasteiger partial charge < -0.3 is 5.73 Å². The molecule has 0 amide bonds. The summed E-state index contributed by atoms with van der Waals surface area (Å²) in [6.45, 7) is 8.06. The number of nitrogens with one attached hydrogen (secondary N) is 1. The fourth-order valence-corrected chi connectivity index (χ4v) is 4.57. The van der Waals surface area contributed by atoms with Crippen LogP contribution in [0.3, 0.4) is 0 Å². The molecule has 1 aromatic carbocycles. The molecule has 1 unspecified atom stereocenters. The lowest BCUT2D eigenvalue weighted by Crippen LogP contribution is -2.34. The molecule has 0 spiro atoms. The standard InChI is InChI=1S/C15H24N2O2S/c1-10-7-12(16)8-14(11(10)2)20(18,19)17-13-5-6-15(3,4)9-13/h7-8,13,17H,5-6,9,16H2,1-4H3. The van der Waals surface area contributed by atoms with Crippen LogP contribution in [0, 0.1) is 19.3 Å². The molecule has 0 radical (unpaired) electrons. The number of nitrogen functional groups attached to an aromatic ring is 1. The Bertz CT molecular complexity index is 621. The normalized spacial score (nSPS) is 22.1. The van der Waals surface area contributed by atoms with E-state index in [0.29, 0.717) is 10.6 Å². The zero-order valence-corrected chi connectivity index (χ0v) is 13.5. The van der Waals surface area contributed by atoms with Crippen LogP contribution in [0.15, 0.2) is 17.0 Å². The Hall–Kier alpha value is -1.07. The van der Waals surface area contributed by atoms with Crippen LogP contribution in [0.5, 0.6) is 0 Å². The topological polar surface area (TPSA) is 72.2 Å². The van der Waals surface area contributed by atoms with Crippen molar-refractivity contribution in [3.63, 3.8) is 0 Å². The Morgan fingerprint density at radius 2 is 1.95 bits per heavy atom. The number of anilines is 1. The minimum Gasteiger partial charge on any atom is -0.399 e. The van der Waals surface area contributed by atoms with Gasteiger partial charge in [-0.25, -0.2) is 13.1 Å². The number of nitrogens with two attached hydrogens (primary N) is 1. The number of aryl methyl sites for hydroxylation is 1. The van der Waals surface area contributed by atoms with Gasteiger partial charge in [-0.1, -0.05) is 13.8 Å². The summed E-state index contributed by atoms with van der Waals surface area (Å²) >= 11 is 0. The molecule has 3 N–H and O–H groups in total. The second-order valence-electron chi connectivity index (χ2n) is 6.69. The van der Waals surface area contributed by atoms with E-state index >= 15 is 0 Å². The van der Waals surface area contributed by atoms with Crippen LogP contribution < -0.4 is 10.5 Å². The highest BCUT2D eigenvalue weighted by Gasteiger charge is 2.34. The molecule has 1 fully saturated rings. The van der Waals surface area contributed by atoms with Crippen molar-refractivity contribution in [2.75, 3.05) is 5.73 Å². The van der Waals surface area contributed by atoms with Gasteiger partial charge in [0.15, 0.2) is 0 Å². The Kier molecular flexibility index (Phi) is 3.86. The predicted octanol–water partition coefficient (Wildman–Crippen LogP) is 2.74. The molecule has 112 valence electrons. The summed E-state index contributed by atoms with van der Waals surface area (Å²) in [6.07, 6.45) is 2.83. The monoisotopic (exact) mass is 296 g/mol. The van der Waals surface area contributed by atoms with E-state index in [-0.39, 0.29) is 11.5 Å². The lowest BCUT2D eigenvalue weighted by atomic mass is 9.92. The van der Waals surface area contributed by atoms with Gasteiger partial charge in [0.05, 0.1) is 4.90 Å². The molecule has 2 rings (SSSR count). The zero-order valence-electron chi connectivity index (χ0n) is 12.7. The van der Waals surface area contributed by atoms with E-state index in [2.05, 4.69) is 18.6 Å². The zero-order chi connectivity index (χ0) is 15.1. The fraction of sp³-hybridized carbons (Fsp3) is 0.600. The molecule has 5 heteroatoms. The van der Waals surface area contributed by atoms with Gasteiger partial charge >= 0.3 is 0 Å². The number of hydrogen-bond donors (Lipinski definition) is 2. The maximum absolute atomic E-state index is 12.6. The van der Waals surface area contributed by atoms with Crippen molar-refractivity contribution in [1.82, 2.24) is 4.72 Å². The first-order valence-corrected chi connectivity index (χ1v) is 8.48. The van der Waals surface area contributed by atoms with E-state index < -0.39 is 10.0 Å². The molecule has 0 bridgehead atoms. The lowest BCUT2D eigenvalue weighted by molar-refractivity contribution is 0.372. The molecule has 0 heterocycles. The summed E-state index contributed by atoms with van der Waals surface area (Å²) in [4.78, 5) is 0.305. The Labute approximate surface area is 121 Å². The van der Waals surface area contributed by atoms with Gasteiger partial charge in [0.1, 0.15) is 0 Å². The van der Waals surface area contributed by atoms with Crippen molar-refractivity contribution < 1.29 is 8.42 Å². The summed E-state index contributed by atoms with van der Waals surface area (Å²) < 4.78 is 28.0. The van der Waals surface area contributed by atoms with E-state index in [1.807, 2.05) is 13.8 Å². The van der Waals surface area contributed by atoms with Crippen molar-refractivity contribution in [2.45, 2.75) is 57.9 Å². The van der Waals surface area contributed by atoms with Crippen molar-refractivity contribution in [1.29, 1.82) is 0 Å². The van der Waals surface area contributed by atoms with Crippen LogP contribution in [-0.2, 0) is 10.0 Å². The molecule has 0 saturated heterocycles. The van der Waals surface area contributed by atoms with Crippen molar-refractivity contribution in [2.24, 2.45) is 5.41 Å². The smallest absolute Gasteiger partial charge is 0.241 e. The molecule has 20 heavy (non-hydrogen) atoms. The van der Waals surface area contributed by atoms with E-state index in [4.69, 9.17) is 5.73 Å². The SMILES string of the molecule is Cc1cc(N)cc(S(=O)(=O)NC2CCC(C)(C)C2)c1C. The number of hydrogen-bond acceptors (Lipinski definition) is 3. The second kappa shape index (κ2) is 5.04. The molecular formula is C15H24N2O2S. The number of rotatable bonds is 3. The van der Waals surface area contributed by atoms with Gasteiger partial charge in [-0.05, 0) is 61.8 Å². The predicted molar refractivity (Wildman–Crippen MR) is 82.1 cm³/mol. The quantitative estimate of drug-likeness (QED) is 0.842. The van der Waals surface area contributed by atoms with Gasteiger partial charge in [0, 0.05) is 11.7 Å². The molecule has 1 atom stereocenters. The molecule has 1 aromatic rings. The third-order valence-corrected chi connectivity index (χ3v) is 5.87. The minimum atomic E-state index is -3.50. The van der Waals surface area contributed by atoms with Crippen LogP contribution in [-0.4, -0.2) is 14.5 Å². The van der Waals surface area contributed by atoms with Gasteiger partial charge in [0.2, 0.25) is 10.0 Å². The number of benzene rings is 1. The molecule has 1 saturated carbocycles. The Morgan fingerprint density at radius 1 is 1.30 bits per heavy atom. The molecular weight excluding hydrogens is 272 g/mol. The van der Waals surface area contributed by atoms with Crippen molar-refractivity contribution in [3.05, 3.63) is 23.3 Å². The first-order valence-electron chi connectivity index (χ1n) is 7.00. The molecule has 1 aliphatic carbocycles. The first kappa shape index (κ1) is 15.3. The molecule has 0 aliphatic heterocycles. The van der Waals surface area contributed by atoms with Crippen LogP contribution in [0.2, 0.25) is 0 Å². The van der Waals surface area contributed by atoms with Crippen LogP contribution in [0.4, 0.5) is 5.69 Å². The van der Waals surface area contributed by atoms with Gasteiger partial charge in [-0.3, -0.25) is 0 Å². The van der Waals surface area contributed by atoms with Gasteiger partial charge in [-0.15, -0.1) is 0 Å². The molecule has 1 aliphatic rings. The highest BCUT2D eigenvalue weighted by Crippen LogP contribution is 2.37. The third kappa shape index (κ3) is 3.15. The summed E-state index contributed by atoms with van der Waals surface area (Å²) in [6, 6.07) is 3.37. The van der Waals surface area contributed by atoms with Crippen LogP contribution >= 0.6 is 0 Å².